The zero-order valence-corrected chi connectivity index (χ0v) is 10.2. The van der Waals surface area contributed by atoms with Crippen LogP contribution in [0.5, 0.6) is 0 Å². The molecule has 2 N–H and O–H groups in total. The van der Waals surface area contributed by atoms with Gasteiger partial charge in [-0.25, -0.2) is 4.79 Å². The SMILES string of the molecule is CCCNC(=O)NC(C)c1ccc(C)cc1. The highest BCUT2D eigenvalue weighted by molar-refractivity contribution is 5.74. The molecule has 0 aliphatic carbocycles. The molecule has 0 spiro atoms. The Labute approximate surface area is 97.2 Å². The summed E-state index contributed by atoms with van der Waals surface area (Å²) in [5.41, 5.74) is 2.35. The first-order chi connectivity index (χ1) is 7.63. The third-order valence-corrected chi connectivity index (χ3v) is 2.46. The molecule has 3 heteroatoms. The first-order valence-electron chi connectivity index (χ1n) is 5.74. The summed E-state index contributed by atoms with van der Waals surface area (Å²) in [7, 11) is 0. The van der Waals surface area contributed by atoms with Gasteiger partial charge in [-0.2, -0.15) is 0 Å². The van der Waals surface area contributed by atoms with Gasteiger partial charge in [0, 0.05) is 6.54 Å². The van der Waals surface area contributed by atoms with Crippen molar-refractivity contribution in [2.45, 2.75) is 33.2 Å². The van der Waals surface area contributed by atoms with E-state index in [1.807, 2.05) is 26.0 Å². The van der Waals surface area contributed by atoms with Gasteiger partial charge in [0.1, 0.15) is 0 Å². The number of carbonyl (C=O) groups excluding carboxylic acids is 1. The van der Waals surface area contributed by atoms with Crippen molar-refractivity contribution in [2.24, 2.45) is 0 Å². The van der Waals surface area contributed by atoms with Crippen LogP contribution in [0.15, 0.2) is 24.3 Å². The average Bonchev–Trinajstić information content (AvgIpc) is 2.27. The van der Waals surface area contributed by atoms with Gasteiger partial charge in [0.25, 0.3) is 0 Å². The van der Waals surface area contributed by atoms with Gasteiger partial charge in [-0.3, -0.25) is 0 Å². The van der Waals surface area contributed by atoms with E-state index >= 15 is 0 Å². The molecule has 1 aromatic carbocycles. The Morgan fingerprint density at radius 1 is 1.31 bits per heavy atom. The number of nitrogens with one attached hydrogen (secondary N) is 2. The summed E-state index contributed by atoms with van der Waals surface area (Å²) in [5, 5.41) is 5.69. The van der Waals surface area contributed by atoms with Crippen LogP contribution in [0.4, 0.5) is 4.79 Å². The minimum atomic E-state index is -0.102. The Balaban J connectivity index is 2.48. The van der Waals surface area contributed by atoms with Crippen LogP contribution in [0.2, 0.25) is 0 Å². The molecule has 0 heterocycles. The molecule has 88 valence electrons. The van der Waals surface area contributed by atoms with Crippen LogP contribution in [0.1, 0.15) is 37.4 Å². The van der Waals surface area contributed by atoms with Crippen LogP contribution in [0, 0.1) is 6.92 Å². The fraction of sp³-hybridized carbons (Fsp3) is 0.462. The maximum atomic E-state index is 11.4. The number of hydrogen-bond acceptors (Lipinski definition) is 1. The van der Waals surface area contributed by atoms with E-state index in [9.17, 15) is 4.79 Å². The van der Waals surface area contributed by atoms with Gasteiger partial charge in [0.15, 0.2) is 0 Å². The lowest BCUT2D eigenvalue weighted by molar-refractivity contribution is 0.238. The Hall–Kier alpha value is -1.51. The Morgan fingerprint density at radius 2 is 1.94 bits per heavy atom. The Bertz CT molecular complexity index is 332. The molecule has 1 rings (SSSR count). The number of hydrogen-bond donors (Lipinski definition) is 2. The fourth-order valence-corrected chi connectivity index (χ4v) is 1.42. The maximum Gasteiger partial charge on any atom is 0.315 e. The lowest BCUT2D eigenvalue weighted by atomic mass is 10.1. The molecular weight excluding hydrogens is 200 g/mol. The molecule has 2 amide bonds. The molecule has 1 unspecified atom stereocenters. The monoisotopic (exact) mass is 220 g/mol. The van der Waals surface area contributed by atoms with Gasteiger partial charge in [-0.15, -0.1) is 0 Å². The lowest BCUT2D eigenvalue weighted by Gasteiger charge is -2.15. The molecule has 0 fully saturated rings. The van der Waals surface area contributed by atoms with E-state index in [1.165, 1.54) is 5.56 Å². The summed E-state index contributed by atoms with van der Waals surface area (Å²) in [5.74, 6) is 0. The quantitative estimate of drug-likeness (QED) is 0.805. The summed E-state index contributed by atoms with van der Waals surface area (Å²) in [6, 6.07) is 8.13. The first-order valence-corrected chi connectivity index (χ1v) is 5.74. The third-order valence-electron chi connectivity index (χ3n) is 2.46. The standard InChI is InChI=1S/C13H20N2O/c1-4-9-14-13(16)15-11(3)12-7-5-10(2)6-8-12/h5-8,11H,4,9H2,1-3H3,(H2,14,15,16). The second-order valence-electron chi connectivity index (χ2n) is 4.03. The summed E-state index contributed by atoms with van der Waals surface area (Å²) in [6.07, 6.45) is 0.951. The topological polar surface area (TPSA) is 41.1 Å². The molecule has 0 aromatic heterocycles. The number of urea groups is 1. The molecule has 1 aromatic rings. The van der Waals surface area contributed by atoms with Crippen LogP contribution in [0.25, 0.3) is 0 Å². The van der Waals surface area contributed by atoms with Gasteiger partial charge >= 0.3 is 6.03 Å². The van der Waals surface area contributed by atoms with Crippen LogP contribution >= 0.6 is 0 Å². The zero-order chi connectivity index (χ0) is 12.0. The fourth-order valence-electron chi connectivity index (χ4n) is 1.42. The van der Waals surface area contributed by atoms with Crippen LogP contribution < -0.4 is 10.6 Å². The number of benzene rings is 1. The second-order valence-corrected chi connectivity index (χ2v) is 4.03. The molecule has 16 heavy (non-hydrogen) atoms. The van der Waals surface area contributed by atoms with E-state index in [4.69, 9.17) is 0 Å². The Morgan fingerprint density at radius 3 is 2.50 bits per heavy atom. The predicted octanol–water partition coefficient (Wildman–Crippen LogP) is 2.77. The van der Waals surface area contributed by atoms with Crippen molar-refractivity contribution in [1.29, 1.82) is 0 Å². The smallest absolute Gasteiger partial charge is 0.315 e. The highest BCUT2D eigenvalue weighted by Crippen LogP contribution is 2.12. The van der Waals surface area contributed by atoms with E-state index in [0.29, 0.717) is 6.54 Å². The lowest BCUT2D eigenvalue weighted by Crippen LogP contribution is -2.37. The largest absolute Gasteiger partial charge is 0.338 e. The predicted molar refractivity (Wildman–Crippen MR) is 66.4 cm³/mol. The maximum absolute atomic E-state index is 11.4. The Kier molecular flexibility index (Phi) is 4.83. The van der Waals surface area contributed by atoms with Crippen molar-refractivity contribution in [3.8, 4) is 0 Å². The van der Waals surface area contributed by atoms with E-state index in [-0.39, 0.29) is 12.1 Å². The molecule has 1 atom stereocenters. The summed E-state index contributed by atoms with van der Waals surface area (Å²) in [4.78, 5) is 11.4. The van der Waals surface area contributed by atoms with E-state index in [2.05, 4.69) is 29.7 Å². The number of carbonyl (C=O) groups is 1. The van der Waals surface area contributed by atoms with Gasteiger partial charge < -0.3 is 10.6 Å². The van der Waals surface area contributed by atoms with Crippen molar-refractivity contribution in [1.82, 2.24) is 10.6 Å². The van der Waals surface area contributed by atoms with Crippen molar-refractivity contribution in [3.63, 3.8) is 0 Å². The van der Waals surface area contributed by atoms with Crippen LogP contribution in [-0.4, -0.2) is 12.6 Å². The highest BCUT2D eigenvalue weighted by Gasteiger charge is 2.07. The van der Waals surface area contributed by atoms with Gasteiger partial charge in [0.2, 0.25) is 0 Å². The number of amides is 2. The van der Waals surface area contributed by atoms with Crippen LogP contribution in [0.3, 0.4) is 0 Å². The molecule has 0 aliphatic rings. The van der Waals surface area contributed by atoms with Crippen molar-refractivity contribution >= 4 is 6.03 Å². The second kappa shape index (κ2) is 6.16. The van der Waals surface area contributed by atoms with E-state index < -0.39 is 0 Å². The minimum Gasteiger partial charge on any atom is -0.338 e. The van der Waals surface area contributed by atoms with Crippen molar-refractivity contribution in [3.05, 3.63) is 35.4 Å². The van der Waals surface area contributed by atoms with E-state index in [0.717, 1.165) is 12.0 Å². The molecule has 3 nitrogen and oxygen atoms in total. The third kappa shape index (κ3) is 3.93. The minimum absolute atomic E-state index is 0.0393. The normalized spacial score (nSPS) is 11.9. The first kappa shape index (κ1) is 12.6. The summed E-state index contributed by atoms with van der Waals surface area (Å²) >= 11 is 0. The molecule has 0 bridgehead atoms. The average molecular weight is 220 g/mol. The zero-order valence-electron chi connectivity index (χ0n) is 10.2. The highest BCUT2D eigenvalue weighted by atomic mass is 16.2. The van der Waals surface area contributed by atoms with Gasteiger partial charge in [-0.05, 0) is 25.8 Å². The molecule has 0 aliphatic heterocycles. The summed E-state index contributed by atoms with van der Waals surface area (Å²) in [6.45, 7) is 6.78. The molecular formula is C13H20N2O. The van der Waals surface area contributed by atoms with Crippen molar-refractivity contribution < 1.29 is 4.79 Å². The number of aryl methyl sites for hydroxylation is 1. The molecule has 0 saturated carbocycles. The van der Waals surface area contributed by atoms with Crippen LogP contribution in [-0.2, 0) is 0 Å². The molecule has 0 saturated heterocycles. The number of rotatable bonds is 4. The molecule has 0 radical (unpaired) electrons. The summed E-state index contributed by atoms with van der Waals surface area (Å²) < 4.78 is 0. The van der Waals surface area contributed by atoms with E-state index in [1.54, 1.807) is 0 Å². The van der Waals surface area contributed by atoms with Gasteiger partial charge in [0.05, 0.1) is 6.04 Å². The van der Waals surface area contributed by atoms with Crippen molar-refractivity contribution in [2.75, 3.05) is 6.54 Å². The van der Waals surface area contributed by atoms with Gasteiger partial charge in [-0.1, -0.05) is 36.8 Å².